The van der Waals surface area contributed by atoms with E-state index in [2.05, 4.69) is 84.3 Å². The average molecular weight is 389 g/mol. The number of benzene rings is 1. The van der Waals surface area contributed by atoms with E-state index >= 15 is 0 Å². The molecule has 0 radical (unpaired) electrons. The van der Waals surface area contributed by atoms with Crippen molar-refractivity contribution < 1.29 is 4.52 Å². The molecular formula is C24H28N4O. The maximum Gasteiger partial charge on any atom is 0.141 e. The van der Waals surface area contributed by atoms with Crippen molar-refractivity contribution in [2.24, 2.45) is 0 Å². The summed E-state index contributed by atoms with van der Waals surface area (Å²) in [5.74, 6) is 1.89. The van der Waals surface area contributed by atoms with Gasteiger partial charge in [0, 0.05) is 17.3 Å². The van der Waals surface area contributed by atoms with Gasteiger partial charge in [0.05, 0.1) is 11.4 Å². The highest BCUT2D eigenvalue weighted by Crippen LogP contribution is 2.30. The summed E-state index contributed by atoms with van der Waals surface area (Å²) >= 11 is 0. The molecule has 4 aromatic rings. The Morgan fingerprint density at radius 3 is 2.45 bits per heavy atom. The van der Waals surface area contributed by atoms with Gasteiger partial charge in [-0.05, 0) is 70.7 Å². The van der Waals surface area contributed by atoms with Gasteiger partial charge >= 0.3 is 0 Å². The number of nitrogens with zero attached hydrogens (tertiary/aromatic N) is 3. The molecule has 0 spiro atoms. The lowest BCUT2D eigenvalue weighted by Gasteiger charge is -2.22. The van der Waals surface area contributed by atoms with Gasteiger partial charge in [-0.15, -0.1) is 0 Å². The molecule has 0 unspecified atom stereocenters. The fourth-order valence-corrected chi connectivity index (χ4v) is 3.71. The summed E-state index contributed by atoms with van der Waals surface area (Å²) in [6.07, 6.45) is 3.93. The lowest BCUT2D eigenvalue weighted by molar-refractivity contribution is 0.393. The predicted octanol–water partition coefficient (Wildman–Crippen LogP) is 5.60. The van der Waals surface area contributed by atoms with Crippen molar-refractivity contribution in [2.75, 3.05) is 5.32 Å². The first-order valence-electron chi connectivity index (χ1n) is 10.1. The molecule has 0 aliphatic rings. The predicted molar refractivity (Wildman–Crippen MR) is 117 cm³/mol. The molecule has 1 N–H and O–H groups in total. The number of aromatic nitrogens is 3. The Morgan fingerprint density at radius 1 is 1.03 bits per heavy atom. The van der Waals surface area contributed by atoms with E-state index in [0.717, 1.165) is 52.6 Å². The molecular weight excluding hydrogens is 360 g/mol. The second kappa shape index (κ2) is 7.39. The number of aryl methyl sites for hydroxylation is 4. The Hall–Kier alpha value is -3.08. The summed E-state index contributed by atoms with van der Waals surface area (Å²) < 4.78 is 7.50. The van der Waals surface area contributed by atoms with Crippen LogP contribution < -0.4 is 5.32 Å². The zero-order valence-electron chi connectivity index (χ0n) is 17.8. The minimum absolute atomic E-state index is 0.0578. The molecule has 3 heterocycles. The summed E-state index contributed by atoms with van der Waals surface area (Å²) in [5, 5.41) is 7.75. The summed E-state index contributed by atoms with van der Waals surface area (Å²) in [7, 11) is 0. The molecule has 1 aromatic carbocycles. The molecule has 0 bridgehead atoms. The van der Waals surface area contributed by atoms with Crippen LogP contribution in [0.3, 0.4) is 0 Å². The lowest BCUT2D eigenvalue weighted by atomic mass is 10.1. The van der Waals surface area contributed by atoms with Gasteiger partial charge in [-0.3, -0.25) is 4.40 Å². The lowest BCUT2D eigenvalue weighted by Crippen LogP contribution is -2.27. The molecule has 0 fully saturated rings. The monoisotopic (exact) mass is 388 g/mol. The van der Waals surface area contributed by atoms with Crippen LogP contribution in [0.2, 0.25) is 0 Å². The molecule has 5 nitrogen and oxygen atoms in total. The second-order valence-corrected chi connectivity index (χ2v) is 8.61. The fraction of sp³-hybridized carbons (Fsp3) is 0.333. The first-order chi connectivity index (χ1) is 13.8. The van der Waals surface area contributed by atoms with E-state index < -0.39 is 0 Å². The Kier molecular flexibility index (Phi) is 4.91. The van der Waals surface area contributed by atoms with Crippen LogP contribution in [-0.4, -0.2) is 20.1 Å². The molecule has 150 valence electrons. The molecule has 0 saturated heterocycles. The van der Waals surface area contributed by atoms with Crippen molar-refractivity contribution >= 4 is 11.5 Å². The number of rotatable bonds is 5. The third-order valence-corrected chi connectivity index (χ3v) is 5.01. The van der Waals surface area contributed by atoms with Gasteiger partial charge in [0.1, 0.15) is 17.2 Å². The van der Waals surface area contributed by atoms with Crippen LogP contribution in [0.15, 0.2) is 53.2 Å². The van der Waals surface area contributed by atoms with Gasteiger partial charge in [0.2, 0.25) is 0 Å². The molecule has 29 heavy (non-hydrogen) atoms. The van der Waals surface area contributed by atoms with E-state index in [1.165, 1.54) is 5.56 Å². The third-order valence-electron chi connectivity index (χ3n) is 5.01. The quantitative estimate of drug-likeness (QED) is 0.483. The standard InChI is InChI=1S/C24H28N4O/c1-16-22(17(2)29-27-16)19-13-14-28-21(15-19)25-20(23(28)26-24(3,4)5)12-11-18-9-7-6-8-10-18/h6-10,13-15,26H,11-12H2,1-5H3. The maximum absolute atomic E-state index is 5.35. The first kappa shape index (κ1) is 19.2. The van der Waals surface area contributed by atoms with Crippen molar-refractivity contribution in [3.63, 3.8) is 0 Å². The second-order valence-electron chi connectivity index (χ2n) is 8.61. The largest absolute Gasteiger partial charge is 0.365 e. The van der Waals surface area contributed by atoms with Gasteiger partial charge < -0.3 is 9.84 Å². The van der Waals surface area contributed by atoms with Crippen LogP contribution in [-0.2, 0) is 12.8 Å². The van der Waals surface area contributed by atoms with Crippen LogP contribution >= 0.6 is 0 Å². The van der Waals surface area contributed by atoms with Gasteiger partial charge in [0.15, 0.2) is 0 Å². The van der Waals surface area contributed by atoms with Gasteiger partial charge in [0.25, 0.3) is 0 Å². The number of nitrogens with one attached hydrogen (secondary N) is 1. The molecule has 0 amide bonds. The van der Waals surface area contributed by atoms with E-state index in [1.54, 1.807) is 0 Å². The smallest absolute Gasteiger partial charge is 0.141 e. The van der Waals surface area contributed by atoms with Crippen LogP contribution in [0.25, 0.3) is 16.8 Å². The van der Waals surface area contributed by atoms with E-state index in [4.69, 9.17) is 9.51 Å². The summed E-state index contributed by atoms with van der Waals surface area (Å²) in [6, 6.07) is 14.8. The Bertz CT molecular complexity index is 1110. The number of hydrogen-bond acceptors (Lipinski definition) is 4. The van der Waals surface area contributed by atoms with E-state index in [-0.39, 0.29) is 5.54 Å². The highest BCUT2D eigenvalue weighted by atomic mass is 16.5. The SMILES string of the molecule is Cc1noc(C)c1-c1ccn2c(NC(C)(C)C)c(CCc3ccccc3)nc2c1. The number of imidazole rings is 1. The molecule has 0 saturated carbocycles. The van der Waals surface area contributed by atoms with Crippen LogP contribution in [0.1, 0.15) is 43.5 Å². The minimum atomic E-state index is -0.0578. The van der Waals surface area contributed by atoms with E-state index in [0.29, 0.717) is 0 Å². The van der Waals surface area contributed by atoms with Crippen molar-refractivity contribution in [3.8, 4) is 11.1 Å². The Labute approximate surface area is 171 Å². The third kappa shape index (κ3) is 4.04. The minimum Gasteiger partial charge on any atom is -0.365 e. The zero-order valence-corrected chi connectivity index (χ0v) is 17.8. The van der Waals surface area contributed by atoms with Gasteiger partial charge in [-0.1, -0.05) is 35.5 Å². The maximum atomic E-state index is 5.35. The highest BCUT2D eigenvalue weighted by molar-refractivity contribution is 5.72. The summed E-state index contributed by atoms with van der Waals surface area (Å²) in [5.41, 5.74) is 6.30. The summed E-state index contributed by atoms with van der Waals surface area (Å²) in [4.78, 5) is 4.99. The highest BCUT2D eigenvalue weighted by Gasteiger charge is 2.19. The van der Waals surface area contributed by atoms with Crippen LogP contribution in [0.4, 0.5) is 5.82 Å². The Balaban J connectivity index is 1.75. The zero-order chi connectivity index (χ0) is 20.6. The molecule has 0 aliphatic carbocycles. The number of hydrogen-bond donors (Lipinski definition) is 1. The first-order valence-corrected chi connectivity index (χ1v) is 10.1. The van der Waals surface area contributed by atoms with Crippen molar-refractivity contribution in [1.29, 1.82) is 0 Å². The average Bonchev–Trinajstić information content (AvgIpc) is 3.18. The molecule has 4 rings (SSSR count). The van der Waals surface area contributed by atoms with Gasteiger partial charge in [-0.2, -0.15) is 0 Å². The van der Waals surface area contributed by atoms with Crippen molar-refractivity contribution in [3.05, 3.63) is 71.4 Å². The fourth-order valence-electron chi connectivity index (χ4n) is 3.71. The summed E-state index contributed by atoms with van der Waals surface area (Å²) in [6.45, 7) is 10.4. The van der Waals surface area contributed by atoms with E-state index in [9.17, 15) is 0 Å². The van der Waals surface area contributed by atoms with Crippen molar-refractivity contribution in [2.45, 2.75) is 53.0 Å². The van der Waals surface area contributed by atoms with Crippen LogP contribution in [0.5, 0.6) is 0 Å². The topological polar surface area (TPSA) is 55.4 Å². The molecule has 0 aliphatic heterocycles. The number of pyridine rings is 1. The Morgan fingerprint density at radius 2 is 1.79 bits per heavy atom. The van der Waals surface area contributed by atoms with E-state index in [1.807, 2.05) is 13.8 Å². The molecule has 0 atom stereocenters. The normalized spacial score (nSPS) is 11.9. The molecule has 5 heteroatoms. The van der Waals surface area contributed by atoms with Crippen molar-refractivity contribution in [1.82, 2.24) is 14.5 Å². The van der Waals surface area contributed by atoms with Crippen LogP contribution in [0, 0.1) is 13.8 Å². The van der Waals surface area contributed by atoms with Gasteiger partial charge in [-0.25, -0.2) is 4.98 Å². The number of anilines is 1. The number of fused-ring (bicyclic) bond motifs is 1. The molecule has 3 aromatic heterocycles.